The fourth-order valence-electron chi connectivity index (χ4n) is 4.62. The number of carbonyl (C=O) groups excluding carboxylic acids is 1. The van der Waals surface area contributed by atoms with Crippen LogP contribution < -0.4 is 20.1 Å². The first-order valence-corrected chi connectivity index (χ1v) is 12.7. The van der Waals surface area contributed by atoms with Crippen LogP contribution in [-0.4, -0.2) is 53.9 Å². The molecule has 1 saturated carbocycles. The fraction of sp³-hybridized carbons (Fsp3) is 0.429. The number of piperazine rings is 1. The van der Waals surface area contributed by atoms with Crippen molar-refractivity contribution in [3.05, 3.63) is 76.6 Å². The van der Waals surface area contributed by atoms with Gasteiger partial charge in [-0.15, -0.1) is 0 Å². The van der Waals surface area contributed by atoms with Crippen molar-refractivity contribution in [3.63, 3.8) is 0 Å². The summed E-state index contributed by atoms with van der Waals surface area (Å²) in [6.45, 7) is 6.05. The number of benzene rings is 2. The number of amides is 1. The number of rotatable bonds is 10. The van der Waals surface area contributed by atoms with Gasteiger partial charge in [0, 0.05) is 57.8 Å². The van der Waals surface area contributed by atoms with Gasteiger partial charge < -0.3 is 20.1 Å². The number of nitrogens with one attached hydrogen (secondary N) is 2. The minimum Gasteiger partial charge on any atom is -0.493 e. The van der Waals surface area contributed by atoms with Gasteiger partial charge in [-0.3, -0.25) is 14.4 Å². The number of aromatic nitrogens is 2. The van der Waals surface area contributed by atoms with Crippen molar-refractivity contribution < 1.29 is 14.3 Å². The summed E-state index contributed by atoms with van der Waals surface area (Å²) in [7, 11) is 3.44. The summed E-state index contributed by atoms with van der Waals surface area (Å²) in [4.78, 5) is 15.3. The molecule has 1 saturated heterocycles. The third-order valence-electron chi connectivity index (χ3n) is 6.86. The minimum absolute atomic E-state index is 0.147. The Balaban J connectivity index is 1.18. The van der Waals surface area contributed by atoms with E-state index in [2.05, 4.69) is 44.9 Å². The van der Waals surface area contributed by atoms with E-state index in [-0.39, 0.29) is 5.91 Å². The zero-order chi connectivity index (χ0) is 24.9. The molecule has 0 spiro atoms. The van der Waals surface area contributed by atoms with Crippen molar-refractivity contribution in [2.24, 2.45) is 7.05 Å². The van der Waals surface area contributed by atoms with Crippen molar-refractivity contribution in [3.8, 4) is 11.5 Å². The molecule has 2 heterocycles. The summed E-state index contributed by atoms with van der Waals surface area (Å²) in [5.74, 6) is 1.66. The molecule has 2 N–H and O–H groups in total. The number of methoxy groups -OCH3 is 1. The Morgan fingerprint density at radius 1 is 1.11 bits per heavy atom. The van der Waals surface area contributed by atoms with Crippen LogP contribution in [0, 0.1) is 0 Å². The lowest BCUT2D eigenvalue weighted by molar-refractivity contribution is 0.0941. The van der Waals surface area contributed by atoms with Crippen LogP contribution in [0.5, 0.6) is 11.5 Å². The molecule has 2 fully saturated rings. The Hall–Kier alpha value is -3.36. The molecule has 0 atom stereocenters. The molecular weight excluding hydrogens is 454 g/mol. The summed E-state index contributed by atoms with van der Waals surface area (Å²) in [5.41, 5.74) is 4.85. The van der Waals surface area contributed by atoms with E-state index in [1.807, 2.05) is 31.3 Å². The summed E-state index contributed by atoms with van der Waals surface area (Å²) in [5, 5.41) is 10.9. The number of para-hydroxylation sites is 1. The third-order valence-corrected chi connectivity index (χ3v) is 6.86. The average Bonchev–Trinajstić information content (AvgIpc) is 3.68. The van der Waals surface area contributed by atoms with Crippen LogP contribution in [0.3, 0.4) is 0 Å². The van der Waals surface area contributed by atoms with Crippen LogP contribution in [0.4, 0.5) is 0 Å². The average molecular weight is 490 g/mol. The molecule has 1 aliphatic heterocycles. The van der Waals surface area contributed by atoms with Gasteiger partial charge in [0.05, 0.1) is 12.8 Å². The monoisotopic (exact) mass is 489 g/mol. The first-order chi connectivity index (χ1) is 17.6. The van der Waals surface area contributed by atoms with Crippen LogP contribution in [0.15, 0.2) is 48.5 Å². The Kier molecular flexibility index (Phi) is 7.53. The second-order valence-corrected chi connectivity index (χ2v) is 9.61. The number of nitrogens with zero attached hydrogens (tertiary/aromatic N) is 3. The lowest BCUT2D eigenvalue weighted by Gasteiger charge is -2.27. The zero-order valence-corrected chi connectivity index (χ0v) is 21.1. The molecule has 8 heteroatoms. The third kappa shape index (κ3) is 5.88. The van der Waals surface area contributed by atoms with Crippen molar-refractivity contribution >= 4 is 5.91 Å². The number of carbonyl (C=O) groups is 1. The Bertz CT molecular complexity index is 1180. The molecule has 190 valence electrons. The predicted molar refractivity (Wildman–Crippen MR) is 138 cm³/mol. The highest BCUT2D eigenvalue weighted by Crippen LogP contribution is 2.39. The van der Waals surface area contributed by atoms with E-state index in [1.54, 1.807) is 11.8 Å². The van der Waals surface area contributed by atoms with Crippen molar-refractivity contribution in [2.45, 2.75) is 38.5 Å². The Morgan fingerprint density at radius 2 is 1.86 bits per heavy atom. The van der Waals surface area contributed by atoms with Gasteiger partial charge >= 0.3 is 0 Å². The first kappa shape index (κ1) is 24.3. The van der Waals surface area contributed by atoms with E-state index in [9.17, 15) is 4.79 Å². The van der Waals surface area contributed by atoms with Gasteiger partial charge in [-0.1, -0.05) is 36.4 Å². The molecule has 1 aromatic heterocycles. The van der Waals surface area contributed by atoms with Crippen molar-refractivity contribution in [1.82, 2.24) is 25.3 Å². The normalized spacial score (nSPS) is 16.1. The molecule has 1 aliphatic carbocycles. The SMILES string of the molecule is COc1c(CNC(=O)c2cc(C3CC3)nn2C)cccc1OCc1ccc(CN2CCNCC2)cc1. The molecule has 1 amide bonds. The number of hydrogen-bond donors (Lipinski definition) is 2. The van der Waals surface area contributed by atoms with Gasteiger partial charge in [0.2, 0.25) is 0 Å². The highest BCUT2D eigenvalue weighted by Gasteiger charge is 2.28. The highest BCUT2D eigenvalue weighted by atomic mass is 16.5. The van der Waals surface area contributed by atoms with Gasteiger partial charge in [-0.05, 0) is 36.1 Å². The molecule has 8 nitrogen and oxygen atoms in total. The van der Waals surface area contributed by atoms with E-state index in [4.69, 9.17) is 9.47 Å². The maximum Gasteiger partial charge on any atom is 0.269 e. The standard InChI is InChI=1S/C28H35N5O3/c1-32-25(16-24(31-32)22-10-11-22)28(34)30-17-23-4-3-5-26(27(23)35-2)36-19-21-8-6-20(7-9-21)18-33-14-12-29-13-15-33/h3-9,16,22,29H,10-15,17-19H2,1-2H3,(H,30,34). The molecule has 0 bridgehead atoms. The molecule has 5 rings (SSSR count). The predicted octanol–water partition coefficient (Wildman–Crippen LogP) is 3.22. The van der Waals surface area contributed by atoms with Crippen LogP contribution in [0.1, 0.15) is 51.6 Å². The molecule has 3 aromatic rings. The van der Waals surface area contributed by atoms with E-state index < -0.39 is 0 Å². The van der Waals surface area contributed by atoms with Gasteiger partial charge in [-0.25, -0.2) is 0 Å². The largest absolute Gasteiger partial charge is 0.493 e. The lowest BCUT2D eigenvalue weighted by atomic mass is 10.1. The second kappa shape index (κ2) is 11.1. The van der Waals surface area contributed by atoms with E-state index in [0.29, 0.717) is 36.3 Å². The van der Waals surface area contributed by atoms with E-state index in [1.165, 1.54) is 5.56 Å². The van der Waals surface area contributed by atoms with Crippen molar-refractivity contribution in [1.29, 1.82) is 0 Å². The topological polar surface area (TPSA) is 80.6 Å². The quantitative estimate of drug-likeness (QED) is 0.455. The molecule has 2 aromatic carbocycles. The summed E-state index contributed by atoms with van der Waals surface area (Å²) in [6.07, 6.45) is 2.31. The van der Waals surface area contributed by atoms with Crippen molar-refractivity contribution in [2.75, 3.05) is 33.3 Å². The number of ether oxygens (including phenoxy) is 2. The maximum absolute atomic E-state index is 12.8. The Morgan fingerprint density at radius 3 is 2.58 bits per heavy atom. The molecule has 36 heavy (non-hydrogen) atoms. The van der Waals surface area contributed by atoms with Crippen LogP contribution in [0.2, 0.25) is 0 Å². The second-order valence-electron chi connectivity index (χ2n) is 9.61. The maximum atomic E-state index is 12.8. The van der Waals surface area contributed by atoms with Gasteiger partial charge in [0.1, 0.15) is 12.3 Å². The number of aryl methyl sites for hydroxylation is 1. The van der Waals surface area contributed by atoms with E-state index in [0.717, 1.165) is 62.4 Å². The van der Waals surface area contributed by atoms with Gasteiger partial charge in [-0.2, -0.15) is 5.10 Å². The highest BCUT2D eigenvalue weighted by molar-refractivity contribution is 5.92. The van der Waals surface area contributed by atoms with Crippen LogP contribution in [-0.2, 0) is 26.7 Å². The molecule has 0 radical (unpaired) electrons. The van der Waals surface area contributed by atoms with E-state index >= 15 is 0 Å². The summed E-state index contributed by atoms with van der Waals surface area (Å²) >= 11 is 0. The Labute approximate surface area is 212 Å². The summed E-state index contributed by atoms with van der Waals surface area (Å²) in [6, 6.07) is 16.3. The lowest BCUT2D eigenvalue weighted by Crippen LogP contribution is -2.42. The fourth-order valence-corrected chi connectivity index (χ4v) is 4.62. The smallest absolute Gasteiger partial charge is 0.269 e. The van der Waals surface area contributed by atoms with Gasteiger partial charge in [0.25, 0.3) is 5.91 Å². The first-order valence-electron chi connectivity index (χ1n) is 12.7. The summed E-state index contributed by atoms with van der Waals surface area (Å²) < 4.78 is 13.5. The molecule has 2 aliphatic rings. The molecule has 0 unspecified atom stereocenters. The molecular formula is C28H35N5O3. The number of hydrogen-bond acceptors (Lipinski definition) is 6. The van der Waals surface area contributed by atoms with Crippen LogP contribution >= 0.6 is 0 Å². The van der Waals surface area contributed by atoms with Gasteiger partial charge in [0.15, 0.2) is 11.5 Å². The van der Waals surface area contributed by atoms with Crippen LogP contribution in [0.25, 0.3) is 0 Å². The minimum atomic E-state index is -0.147. The zero-order valence-electron chi connectivity index (χ0n) is 21.1.